The second-order valence-corrected chi connectivity index (χ2v) is 1.24. The summed E-state index contributed by atoms with van der Waals surface area (Å²) in [5, 5.41) is 0. The molecule has 0 saturated carbocycles. The smallest absolute Gasteiger partial charge is 0.307 e. The highest BCUT2D eigenvalue weighted by atomic mass is 35.5. The van der Waals surface area contributed by atoms with Crippen LogP contribution in [-0.4, -0.2) is 14.4 Å². The maximum Gasteiger partial charge on any atom is 0.307 e. The van der Waals surface area contributed by atoms with Crippen LogP contribution in [0.15, 0.2) is 25.0 Å². The lowest BCUT2D eigenvalue weighted by atomic mass is 10.8. The maximum absolute atomic E-state index is 9.75. The molecule has 0 aliphatic heterocycles. The first kappa shape index (κ1) is 40.1. The van der Waals surface area contributed by atoms with Crippen molar-refractivity contribution < 1.29 is 23.6 Å². The zero-order chi connectivity index (χ0) is 7.70. The second-order valence-electron chi connectivity index (χ2n) is 0.930. The van der Waals surface area contributed by atoms with Crippen molar-refractivity contribution in [1.82, 2.24) is 0 Å². The molecule has 0 aromatic carbocycles. The van der Waals surface area contributed by atoms with Crippen LogP contribution >= 0.6 is 11.6 Å². The van der Waals surface area contributed by atoms with E-state index in [0.29, 0.717) is 0 Å². The van der Waals surface area contributed by atoms with Gasteiger partial charge < -0.3 is 4.74 Å². The van der Waals surface area contributed by atoms with E-state index in [1.807, 2.05) is 0 Å². The van der Waals surface area contributed by atoms with Gasteiger partial charge in [0, 0.05) is 15.3 Å². The van der Waals surface area contributed by atoms with Crippen LogP contribution in [0.2, 0.25) is 0 Å². The fraction of sp³-hybridized carbons (Fsp3) is 0.167. The first-order valence-corrected chi connectivity index (χ1v) is 2.62. The molecule has 0 aliphatic carbocycles. The van der Waals surface area contributed by atoms with Gasteiger partial charge in [0.05, 0.1) is 6.26 Å². The normalized spacial score (nSPS) is 4.15. The number of carbonyl (C=O) groups is 1. The van der Waals surface area contributed by atoms with Crippen molar-refractivity contribution in [1.29, 1.82) is 0 Å². The summed E-state index contributed by atoms with van der Waals surface area (Å²) in [6.45, 7) is 7.61. The van der Waals surface area contributed by atoms with Crippen molar-refractivity contribution in [2.24, 2.45) is 0 Å². The quantitative estimate of drug-likeness (QED) is 0.384. The van der Waals surface area contributed by atoms with E-state index in [9.17, 15) is 4.79 Å². The summed E-state index contributed by atoms with van der Waals surface area (Å²) < 4.78 is 4.17. The molecule has 0 spiro atoms. The number of esters is 1. The van der Waals surface area contributed by atoms with Gasteiger partial charge in [0.2, 0.25) is 0 Å². The van der Waals surface area contributed by atoms with E-state index in [4.69, 9.17) is 11.6 Å². The molecular formula is C6H12BClF3O2. The molecule has 3 radical (unpaired) electrons. The minimum absolute atomic E-state index is 0. The monoisotopic (exact) mass is 219 g/mol. The Bertz CT molecular complexity index is 114. The molecule has 0 aromatic heterocycles. The van der Waals surface area contributed by atoms with Gasteiger partial charge in [0.25, 0.3) is 0 Å². The molecule has 0 N–H and O–H groups in total. The van der Waals surface area contributed by atoms with Crippen LogP contribution in [-0.2, 0) is 9.53 Å². The molecule has 79 valence electrons. The Balaban J connectivity index is -0.0000000160. The number of carbonyl (C=O) groups excluding carboxylic acids is 1. The Morgan fingerprint density at radius 3 is 1.54 bits per heavy atom. The van der Waals surface area contributed by atoms with Gasteiger partial charge in [-0.05, 0) is 5.54 Å². The highest BCUT2D eigenvalue weighted by molar-refractivity contribution is 6.25. The summed E-state index contributed by atoms with van der Waals surface area (Å²) in [6.07, 6.45) is 1.10. The summed E-state index contributed by atoms with van der Waals surface area (Å²) >= 11 is 4.76. The minimum atomic E-state index is -0.329. The molecule has 0 saturated heterocycles. The number of ether oxygens (including phenoxy) is 1. The van der Waals surface area contributed by atoms with Crippen molar-refractivity contribution >= 4 is 26.0 Å². The maximum atomic E-state index is 9.75. The largest absolute Gasteiger partial charge is 0.435 e. The molecule has 0 heterocycles. The third-order valence-electron chi connectivity index (χ3n) is 0.249. The van der Waals surface area contributed by atoms with E-state index in [2.05, 4.69) is 17.9 Å². The van der Waals surface area contributed by atoms with E-state index in [1.54, 1.807) is 0 Å². The Morgan fingerprint density at radius 1 is 1.31 bits per heavy atom. The molecule has 0 amide bonds. The van der Waals surface area contributed by atoms with Gasteiger partial charge in [0.15, 0.2) is 0 Å². The van der Waals surface area contributed by atoms with Crippen LogP contribution in [0.4, 0.5) is 14.1 Å². The molecule has 0 rings (SSSR count). The van der Waals surface area contributed by atoms with Crippen molar-refractivity contribution in [2.45, 2.75) is 6.92 Å². The van der Waals surface area contributed by atoms with Crippen molar-refractivity contribution in [3.05, 3.63) is 25.0 Å². The fourth-order valence-electron chi connectivity index (χ4n) is 0.117. The topological polar surface area (TPSA) is 26.3 Å². The van der Waals surface area contributed by atoms with Crippen LogP contribution in [0, 0.1) is 0 Å². The van der Waals surface area contributed by atoms with Crippen LogP contribution < -0.4 is 0 Å². The summed E-state index contributed by atoms with van der Waals surface area (Å²) in [6, 6.07) is 0. The third kappa shape index (κ3) is 209. The number of rotatable bonds is 1. The average molecular weight is 219 g/mol. The number of hydrogen-bond acceptors (Lipinski definition) is 2. The van der Waals surface area contributed by atoms with Crippen molar-refractivity contribution in [3.63, 3.8) is 0 Å². The van der Waals surface area contributed by atoms with Gasteiger partial charge in [0.1, 0.15) is 0 Å². The Labute approximate surface area is 82.3 Å². The molecule has 0 fully saturated rings. The van der Waals surface area contributed by atoms with Gasteiger partial charge in [-0.1, -0.05) is 24.8 Å². The summed E-state index contributed by atoms with van der Waals surface area (Å²) in [7, 11) is 0. The van der Waals surface area contributed by atoms with E-state index >= 15 is 0 Å². The van der Waals surface area contributed by atoms with Crippen molar-refractivity contribution in [3.8, 4) is 0 Å². The van der Waals surface area contributed by atoms with Crippen LogP contribution in [0.3, 0.4) is 0 Å². The SMILES string of the molecule is C=CCl.C=COC(C)=O.F.F.F.[B]. The predicted molar refractivity (Wildman–Crippen MR) is 51.3 cm³/mol. The molecule has 0 unspecified atom stereocenters. The molecular weight excluding hydrogens is 207 g/mol. The lowest BCUT2D eigenvalue weighted by Crippen LogP contribution is -1.87. The molecule has 0 aromatic rings. The standard InChI is InChI=1S/C4H6O2.C2H3Cl.B.3FH/c1-3-6-4(2)5;1-2-3;;;;/h3H,1H2,2H3;2H,1H2;;3*1H. The Morgan fingerprint density at radius 2 is 1.54 bits per heavy atom. The average Bonchev–Trinajstić information content (AvgIpc) is 1.67. The van der Waals surface area contributed by atoms with E-state index in [0.717, 1.165) is 6.26 Å². The summed E-state index contributed by atoms with van der Waals surface area (Å²) in [5.41, 5.74) is 1.22. The molecule has 2 nitrogen and oxygen atoms in total. The molecule has 0 atom stereocenters. The molecule has 7 heteroatoms. The highest BCUT2D eigenvalue weighted by Crippen LogP contribution is 1.70. The van der Waals surface area contributed by atoms with Gasteiger partial charge in [-0.2, -0.15) is 0 Å². The predicted octanol–water partition coefficient (Wildman–Crippen LogP) is 2.14. The van der Waals surface area contributed by atoms with Crippen molar-refractivity contribution in [2.75, 3.05) is 0 Å². The van der Waals surface area contributed by atoms with E-state index in [1.165, 1.54) is 12.5 Å². The minimum Gasteiger partial charge on any atom is -0.435 e. The van der Waals surface area contributed by atoms with Crippen LogP contribution in [0.25, 0.3) is 0 Å². The summed E-state index contributed by atoms with van der Waals surface area (Å²) in [5.74, 6) is -0.329. The molecule has 0 aliphatic rings. The Kier molecular flexibility index (Phi) is 134. The lowest BCUT2D eigenvalue weighted by molar-refractivity contribution is -0.135. The van der Waals surface area contributed by atoms with E-state index in [-0.39, 0.29) is 28.5 Å². The fourth-order valence-corrected chi connectivity index (χ4v) is 0.117. The van der Waals surface area contributed by atoms with Crippen LogP contribution in [0.5, 0.6) is 0 Å². The zero-order valence-corrected chi connectivity index (χ0v) is 7.82. The molecule has 0 bridgehead atoms. The number of hydrogen-bond donors (Lipinski definition) is 0. The third-order valence-corrected chi connectivity index (χ3v) is 0.249. The number of halogens is 4. The van der Waals surface area contributed by atoms with Gasteiger partial charge in [-0.3, -0.25) is 18.9 Å². The van der Waals surface area contributed by atoms with Gasteiger partial charge >= 0.3 is 5.97 Å². The first-order valence-electron chi connectivity index (χ1n) is 2.18. The zero-order valence-electron chi connectivity index (χ0n) is 7.07. The van der Waals surface area contributed by atoms with E-state index < -0.39 is 0 Å². The summed E-state index contributed by atoms with van der Waals surface area (Å²) in [4.78, 5) is 9.75. The Hall–Kier alpha value is -0.905. The highest BCUT2D eigenvalue weighted by Gasteiger charge is 1.79. The van der Waals surface area contributed by atoms with Gasteiger partial charge in [-0.25, -0.2) is 0 Å². The molecule has 13 heavy (non-hydrogen) atoms. The van der Waals surface area contributed by atoms with Gasteiger partial charge in [-0.15, -0.1) is 0 Å². The first-order chi connectivity index (χ1) is 4.18. The van der Waals surface area contributed by atoms with Crippen LogP contribution in [0.1, 0.15) is 6.92 Å². The second kappa shape index (κ2) is 43.6. The lowest BCUT2D eigenvalue weighted by Gasteiger charge is -1.83.